The van der Waals surface area contributed by atoms with E-state index in [9.17, 15) is 24.6 Å². The third-order valence-corrected chi connectivity index (χ3v) is 5.95. The SMILES string of the molecule is CC(C)CC(=O)OC1OC=C(COC(=O)CC(C)(C)O)C2=CC(OC(=O)CC(C)C)C(O)(CCl)C21. The first kappa shape index (κ1) is 29.1. The summed E-state index contributed by atoms with van der Waals surface area (Å²) in [4.78, 5) is 36.9. The van der Waals surface area contributed by atoms with Gasteiger partial charge in [0, 0.05) is 18.4 Å². The van der Waals surface area contributed by atoms with E-state index in [1.165, 1.54) is 26.2 Å². The van der Waals surface area contributed by atoms with Crippen LogP contribution in [-0.4, -0.2) is 64.2 Å². The topological polar surface area (TPSA) is 129 Å². The molecule has 4 atom stereocenters. The molecule has 0 spiro atoms. The maximum absolute atomic E-state index is 12.4. The van der Waals surface area contributed by atoms with Crippen LogP contribution in [0.1, 0.15) is 60.8 Å². The van der Waals surface area contributed by atoms with Crippen molar-refractivity contribution in [2.45, 2.75) is 84.4 Å². The van der Waals surface area contributed by atoms with Gasteiger partial charge in [0.25, 0.3) is 6.29 Å². The molecule has 1 aliphatic carbocycles. The van der Waals surface area contributed by atoms with Crippen LogP contribution in [0.15, 0.2) is 23.5 Å². The number of carbonyl (C=O) groups is 3. The van der Waals surface area contributed by atoms with E-state index in [-0.39, 0.29) is 43.6 Å². The molecule has 2 N–H and O–H groups in total. The van der Waals surface area contributed by atoms with E-state index >= 15 is 0 Å². The summed E-state index contributed by atoms with van der Waals surface area (Å²) in [7, 11) is 0. The van der Waals surface area contributed by atoms with E-state index in [2.05, 4.69) is 0 Å². The van der Waals surface area contributed by atoms with Gasteiger partial charge in [0.05, 0.1) is 30.1 Å². The Morgan fingerprint density at radius 3 is 2.17 bits per heavy atom. The zero-order chi connectivity index (χ0) is 26.6. The van der Waals surface area contributed by atoms with Gasteiger partial charge in [-0.1, -0.05) is 27.7 Å². The molecule has 1 heterocycles. The van der Waals surface area contributed by atoms with Gasteiger partial charge in [0.1, 0.15) is 12.2 Å². The number of hydrogen-bond donors (Lipinski definition) is 2. The van der Waals surface area contributed by atoms with E-state index in [1.807, 2.05) is 27.7 Å². The molecule has 4 unspecified atom stereocenters. The fourth-order valence-electron chi connectivity index (χ4n) is 3.95. The van der Waals surface area contributed by atoms with Crippen molar-refractivity contribution < 1.29 is 43.5 Å². The molecule has 9 nitrogen and oxygen atoms in total. The molecule has 2 aliphatic rings. The number of aliphatic hydroxyl groups is 2. The number of hydrogen-bond acceptors (Lipinski definition) is 9. The van der Waals surface area contributed by atoms with Gasteiger partial charge in [-0.3, -0.25) is 14.4 Å². The molecule has 1 aliphatic heterocycles. The Morgan fingerprint density at radius 2 is 1.66 bits per heavy atom. The van der Waals surface area contributed by atoms with Crippen molar-refractivity contribution in [3.63, 3.8) is 0 Å². The lowest BCUT2D eigenvalue weighted by molar-refractivity contribution is -0.203. The summed E-state index contributed by atoms with van der Waals surface area (Å²) in [5.74, 6) is -2.91. The fraction of sp³-hybridized carbons (Fsp3) is 0.720. The lowest BCUT2D eigenvalue weighted by atomic mass is 9.82. The molecule has 0 saturated carbocycles. The summed E-state index contributed by atoms with van der Waals surface area (Å²) in [5.41, 5.74) is -2.24. The van der Waals surface area contributed by atoms with Crippen molar-refractivity contribution >= 4 is 29.5 Å². The number of alkyl halides is 1. The van der Waals surface area contributed by atoms with Gasteiger partial charge in [-0.2, -0.15) is 0 Å². The minimum atomic E-state index is -1.83. The normalized spacial score (nSPS) is 26.0. The predicted molar refractivity (Wildman–Crippen MR) is 127 cm³/mol. The number of fused-ring (bicyclic) bond motifs is 1. The molecule has 0 saturated heterocycles. The van der Waals surface area contributed by atoms with Crippen LogP contribution in [0.2, 0.25) is 0 Å². The molecule has 0 bridgehead atoms. The minimum Gasteiger partial charge on any atom is -0.461 e. The van der Waals surface area contributed by atoms with E-state index in [1.54, 1.807) is 0 Å². The summed E-state index contributed by atoms with van der Waals surface area (Å²) in [6.45, 7) is 10.2. The Hall–Kier alpha value is -2.10. The van der Waals surface area contributed by atoms with Crippen molar-refractivity contribution in [1.82, 2.24) is 0 Å². The maximum Gasteiger partial charge on any atom is 0.309 e. The molecule has 198 valence electrons. The quantitative estimate of drug-likeness (QED) is 0.242. The second kappa shape index (κ2) is 11.8. The summed E-state index contributed by atoms with van der Waals surface area (Å²) < 4.78 is 22.0. The summed E-state index contributed by atoms with van der Waals surface area (Å²) in [5, 5.41) is 21.4. The average molecular weight is 517 g/mol. The Labute approximate surface area is 211 Å². The summed E-state index contributed by atoms with van der Waals surface area (Å²) in [6, 6.07) is 0. The van der Waals surface area contributed by atoms with Gasteiger partial charge < -0.3 is 29.2 Å². The van der Waals surface area contributed by atoms with Crippen molar-refractivity contribution in [1.29, 1.82) is 0 Å². The van der Waals surface area contributed by atoms with Crippen LogP contribution >= 0.6 is 11.6 Å². The highest BCUT2D eigenvalue weighted by Crippen LogP contribution is 2.47. The van der Waals surface area contributed by atoms with E-state index in [0.29, 0.717) is 11.1 Å². The summed E-state index contributed by atoms with van der Waals surface area (Å²) >= 11 is 6.18. The monoisotopic (exact) mass is 516 g/mol. The second-order valence-corrected chi connectivity index (χ2v) is 10.9. The highest BCUT2D eigenvalue weighted by molar-refractivity contribution is 6.18. The first-order valence-corrected chi connectivity index (χ1v) is 12.3. The van der Waals surface area contributed by atoms with Crippen LogP contribution in [0.3, 0.4) is 0 Å². The lowest BCUT2D eigenvalue weighted by Gasteiger charge is -2.39. The van der Waals surface area contributed by atoms with Gasteiger partial charge in [-0.25, -0.2) is 0 Å². The predicted octanol–water partition coefficient (Wildman–Crippen LogP) is 3.00. The first-order chi connectivity index (χ1) is 16.2. The Kier molecular flexibility index (Phi) is 9.79. The van der Waals surface area contributed by atoms with Crippen LogP contribution < -0.4 is 0 Å². The molecule has 0 fully saturated rings. The van der Waals surface area contributed by atoms with Crippen molar-refractivity contribution in [2.75, 3.05) is 12.5 Å². The van der Waals surface area contributed by atoms with Gasteiger partial charge in [-0.15, -0.1) is 11.6 Å². The number of rotatable bonds is 11. The fourth-order valence-corrected chi connectivity index (χ4v) is 4.27. The van der Waals surface area contributed by atoms with Crippen molar-refractivity contribution in [2.24, 2.45) is 17.8 Å². The number of esters is 3. The molecule has 2 rings (SSSR count). The van der Waals surface area contributed by atoms with E-state index in [4.69, 9.17) is 30.5 Å². The minimum absolute atomic E-state index is 0.0432. The molecular formula is C25H37ClO9. The highest BCUT2D eigenvalue weighted by atomic mass is 35.5. The molecule has 0 radical (unpaired) electrons. The first-order valence-electron chi connectivity index (χ1n) is 11.8. The smallest absolute Gasteiger partial charge is 0.309 e. The standard InChI is InChI=1S/C25H37ClO9/c1-14(2)7-19(27)34-18-9-17-16(11-32-21(29)10-24(5,6)30)12-33-23(22(17)25(18,31)13-26)35-20(28)8-15(3)4/h9,12,14-15,18,22-23,30-31H,7-8,10-11,13H2,1-6H3. The molecular weight excluding hydrogens is 480 g/mol. The van der Waals surface area contributed by atoms with Gasteiger partial charge in [-0.05, 0) is 37.3 Å². The Morgan fingerprint density at radius 1 is 1.09 bits per heavy atom. The van der Waals surface area contributed by atoms with Gasteiger partial charge in [0.15, 0.2) is 6.10 Å². The van der Waals surface area contributed by atoms with E-state index < -0.39 is 47.4 Å². The zero-order valence-electron chi connectivity index (χ0n) is 21.2. The van der Waals surface area contributed by atoms with Crippen LogP contribution in [0, 0.1) is 17.8 Å². The summed E-state index contributed by atoms with van der Waals surface area (Å²) in [6.07, 6.45) is 0.537. The molecule has 0 aromatic heterocycles. The zero-order valence-corrected chi connectivity index (χ0v) is 22.0. The third-order valence-electron chi connectivity index (χ3n) is 5.52. The molecule has 10 heteroatoms. The van der Waals surface area contributed by atoms with Crippen molar-refractivity contribution in [3.05, 3.63) is 23.5 Å². The van der Waals surface area contributed by atoms with Crippen LogP contribution in [0.25, 0.3) is 0 Å². The number of carbonyl (C=O) groups excluding carboxylic acids is 3. The van der Waals surface area contributed by atoms with E-state index in [0.717, 1.165) is 0 Å². The maximum atomic E-state index is 12.4. The molecule has 35 heavy (non-hydrogen) atoms. The van der Waals surface area contributed by atoms with Crippen LogP contribution in [0.5, 0.6) is 0 Å². The molecule has 0 amide bonds. The Bertz CT molecular complexity index is 855. The van der Waals surface area contributed by atoms with Crippen LogP contribution in [-0.2, 0) is 33.3 Å². The average Bonchev–Trinajstić information content (AvgIpc) is 2.98. The number of halogens is 1. The lowest BCUT2D eigenvalue weighted by Crippen LogP contribution is -2.54. The van der Waals surface area contributed by atoms with Crippen LogP contribution in [0.4, 0.5) is 0 Å². The largest absolute Gasteiger partial charge is 0.461 e. The second-order valence-electron chi connectivity index (χ2n) is 10.6. The number of ether oxygens (including phenoxy) is 4. The Balaban J connectivity index is 2.33. The highest BCUT2D eigenvalue weighted by Gasteiger charge is 2.58. The van der Waals surface area contributed by atoms with Gasteiger partial charge >= 0.3 is 17.9 Å². The third kappa shape index (κ3) is 7.95. The molecule has 0 aromatic carbocycles. The van der Waals surface area contributed by atoms with Gasteiger partial charge in [0.2, 0.25) is 0 Å². The molecule has 0 aromatic rings. The van der Waals surface area contributed by atoms with Crippen molar-refractivity contribution in [3.8, 4) is 0 Å².